The number of nitriles is 1. The molecule has 1 aromatic heterocycles. The Hall–Kier alpha value is -3.49. The number of hydrogen-bond donors (Lipinski definition) is 1. The number of nitrogens with zero attached hydrogens (tertiary/aromatic N) is 2. The zero-order chi connectivity index (χ0) is 20.8. The summed E-state index contributed by atoms with van der Waals surface area (Å²) in [5.41, 5.74) is 3.30. The number of rotatable bonds is 3. The van der Waals surface area contributed by atoms with Crippen molar-refractivity contribution < 1.29 is 14.4 Å². The minimum atomic E-state index is -1.46. The number of carbonyl (C=O) groups excluding carboxylic acids is 1. The molecule has 1 aliphatic rings. The molecule has 4 rings (SSSR count). The highest BCUT2D eigenvalue weighted by Gasteiger charge is 2.47. The molecule has 5 heteroatoms. The predicted octanol–water partition coefficient (Wildman–Crippen LogP) is 4.74. The van der Waals surface area contributed by atoms with Gasteiger partial charge in [0.15, 0.2) is 11.5 Å². The van der Waals surface area contributed by atoms with Crippen LogP contribution in [0.3, 0.4) is 0 Å². The first-order valence-electron chi connectivity index (χ1n) is 9.37. The molecule has 1 unspecified atom stereocenters. The maximum atomic E-state index is 13.3. The van der Waals surface area contributed by atoms with Crippen molar-refractivity contribution in [1.29, 1.82) is 5.26 Å². The fraction of sp³-hybridized carbons (Fsp3) is 0.208. The Labute approximate surface area is 168 Å². The van der Waals surface area contributed by atoms with E-state index < -0.39 is 5.60 Å². The molecule has 0 saturated carbocycles. The smallest absolute Gasteiger partial charge is 0.199 e. The number of allylic oxidation sites excluding steroid dienone is 1. The quantitative estimate of drug-likeness (QED) is 0.659. The van der Waals surface area contributed by atoms with E-state index in [0.29, 0.717) is 34.4 Å². The highest BCUT2D eigenvalue weighted by molar-refractivity contribution is 6.15. The van der Waals surface area contributed by atoms with Crippen LogP contribution in [0.5, 0.6) is 0 Å². The van der Waals surface area contributed by atoms with Crippen molar-refractivity contribution in [3.63, 3.8) is 0 Å². The molecule has 0 aliphatic heterocycles. The second kappa shape index (κ2) is 6.84. The molecule has 0 spiro atoms. The molecule has 0 saturated heterocycles. The lowest BCUT2D eigenvalue weighted by Crippen LogP contribution is -2.36. The van der Waals surface area contributed by atoms with E-state index in [1.807, 2.05) is 26.8 Å². The highest BCUT2D eigenvalue weighted by atomic mass is 16.5. The second-order valence-electron chi connectivity index (χ2n) is 7.62. The molecule has 0 radical (unpaired) electrons. The van der Waals surface area contributed by atoms with E-state index >= 15 is 0 Å². The van der Waals surface area contributed by atoms with Crippen LogP contribution in [-0.2, 0) is 5.60 Å². The highest BCUT2D eigenvalue weighted by Crippen LogP contribution is 2.46. The second-order valence-corrected chi connectivity index (χ2v) is 7.62. The molecule has 144 valence electrons. The zero-order valence-electron chi connectivity index (χ0n) is 16.5. The Morgan fingerprint density at radius 3 is 2.48 bits per heavy atom. The lowest BCUT2D eigenvalue weighted by Gasteiger charge is -2.33. The number of benzene rings is 2. The van der Waals surface area contributed by atoms with E-state index in [1.165, 1.54) is 0 Å². The van der Waals surface area contributed by atoms with E-state index in [0.717, 1.165) is 11.1 Å². The summed E-state index contributed by atoms with van der Waals surface area (Å²) in [6, 6.07) is 15.9. The SMILES string of the molecule is CC(C)=C(C)CC1(O)c2ccccc2C(=O)c2c1noc2-c1ccc(C#N)cc1. The molecule has 29 heavy (non-hydrogen) atoms. The Morgan fingerprint density at radius 1 is 1.14 bits per heavy atom. The van der Waals surface area contributed by atoms with Crippen molar-refractivity contribution in [3.8, 4) is 17.4 Å². The van der Waals surface area contributed by atoms with Crippen LogP contribution in [0.25, 0.3) is 11.3 Å². The molecule has 1 N–H and O–H groups in total. The number of hydrogen-bond acceptors (Lipinski definition) is 5. The van der Waals surface area contributed by atoms with Crippen LogP contribution in [0.1, 0.15) is 59.9 Å². The van der Waals surface area contributed by atoms with Crippen molar-refractivity contribution in [2.75, 3.05) is 0 Å². The molecule has 2 aromatic carbocycles. The first-order chi connectivity index (χ1) is 13.9. The van der Waals surface area contributed by atoms with E-state index in [1.54, 1.807) is 42.5 Å². The maximum Gasteiger partial charge on any atom is 0.199 e. The van der Waals surface area contributed by atoms with Gasteiger partial charge in [0.2, 0.25) is 0 Å². The van der Waals surface area contributed by atoms with Gasteiger partial charge in [-0.1, -0.05) is 40.6 Å². The predicted molar refractivity (Wildman–Crippen MR) is 108 cm³/mol. The molecule has 0 bridgehead atoms. The third-order valence-corrected chi connectivity index (χ3v) is 5.58. The number of fused-ring (bicyclic) bond motifs is 2. The Kier molecular flexibility index (Phi) is 4.45. The molecule has 3 aromatic rings. The molecule has 5 nitrogen and oxygen atoms in total. The molecule has 1 heterocycles. The summed E-state index contributed by atoms with van der Waals surface area (Å²) in [7, 11) is 0. The fourth-order valence-corrected chi connectivity index (χ4v) is 3.72. The summed E-state index contributed by atoms with van der Waals surface area (Å²) in [5, 5.41) is 25.0. The zero-order valence-corrected chi connectivity index (χ0v) is 16.5. The first kappa shape index (κ1) is 18.9. The normalized spacial score (nSPS) is 17.3. The third kappa shape index (κ3) is 2.89. The summed E-state index contributed by atoms with van der Waals surface area (Å²) in [6.07, 6.45) is 0.311. The van der Waals surface area contributed by atoms with Crippen LogP contribution >= 0.6 is 0 Å². The van der Waals surface area contributed by atoms with Crippen molar-refractivity contribution in [2.45, 2.75) is 32.8 Å². The van der Waals surface area contributed by atoms with Gasteiger partial charge in [0.25, 0.3) is 0 Å². The average Bonchev–Trinajstić information content (AvgIpc) is 3.18. The third-order valence-electron chi connectivity index (χ3n) is 5.58. The van der Waals surface area contributed by atoms with Gasteiger partial charge in [-0.2, -0.15) is 5.26 Å². The summed E-state index contributed by atoms with van der Waals surface area (Å²) >= 11 is 0. The van der Waals surface area contributed by atoms with E-state index in [2.05, 4.69) is 11.2 Å². The monoisotopic (exact) mass is 384 g/mol. The van der Waals surface area contributed by atoms with Gasteiger partial charge in [-0.05, 0) is 45.0 Å². The van der Waals surface area contributed by atoms with E-state index in [4.69, 9.17) is 9.78 Å². The topological polar surface area (TPSA) is 87.1 Å². The number of aliphatic hydroxyl groups is 1. The van der Waals surface area contributed by atoms with E-state index in [-0.39, 0.29) is 17.0 Å². The van der Waals surface area contributed by atoms with Gasteiger partial charge in [0.05, 0.1) is 17.2 Å². The molecular weight excluding hydrogens is 364 g/mol. The molecular formula is C24H20N2O3. The van der Waals surface area contributed by atoms with Gasteiger partial charge in [-0.25, -0.2) is 0 Å². The van der Waals surface area contributed by atoms with Gasteiger partial charge in [-0.15, -0.1) is 0 Å². The van der Waals surface area contributed by atoms with Crippen LogP contribution in [0.2, 0.25) is 0 Å². The van der Waals surface area contributed by atoms with Crippen molar-refractivity contribution in [3.05, 3.63) is 87.6 Å². The van der Waals surface area contributed by atoms with Crippen molar-refractivity contribution in [1.82, 2.24) is 5.16 Å². The fourth-order valence-electron chi connectivity index (χ4n) is 3.72. The van der Waals surface area contributed by atoms with E-state index in [9.17, 15) is 9.90 Å². The van der Waals surface area contributed by atoms with Gasteiger partial charge in [-0.3, -0.25) is 4.79 Å². The standard InChI is InChI=1S/C24H20N2O3/c1-14(2)15(3)12-24(28)19-7-5-4-6-18(19)21(27)20-22(29-26-23(20)24)17-10-8-16(13-25)9-11-17/h4-11,28H,12H2,1-3H3. The van der Waals surface area contributed by atoms with Crippen LogP contribution in [0.15, 0.2) is 64.2 Å². The summed E-state index contributed by atoms with van der Waals surface area (Å²) in [6.45, 7) is 5.95. The largest absolute Gasteiger partial charge is 0.378 e. The molecule has 1 atom stereocenters. The minimum absolute atomic E-state index is 0.226. The van der Waals surface area contributed by atoms with Crippen LogP contribution in [0.4, 0.5) is 0 Å². The average molecular weight is 384 g/mol. The number of ketones is 1. The van der Waals surface area contributed by atoms with Crippen LogP contribution in [0, 0.1) is 11.3 Å². The Bertz CT molecular complexity index is 1190. The number of aromatic nitrogens is 1. The van der Waals surface area contributed by atoms with Crippen LogP contribution < -0.4 is 0 Å². The lowest BCUT2D eigenvalue weighted by molar-refractivity contribution is 0.0655. The Morgan fingerprint density at radius 2 is 1.83 bits per heavy atom. The Balaban J connectivity index is 1.95. The minimum Gasteiger partial charge on any atom is -0.378 e. The summed E-state index contributed by atoms with van der Waals surface area (Å²) in [4.78, 5) is 13.3. The number of carbonyl (C=O) groups is 1. The maximum absolute atomic E-state index is 13.3. The molecule has 1 aliphatic carbocycles. The lowest BCUT2D eigenvalue weighted by atomic mass is 9.73. The van der Waals surface area contributed by atoms with Crippen LogP contribution in [-0.4, -0.2) is 16.0 Å². The summed E-state index contributed by atoms with van der Waals surface area (Å²) < 4.78 is 5.59. The van der Waals surface area contributed by atoms with Gasteiger partial charge in [0, 0.05) is 23.1 Å². The summed E-state index contributed by atoms with van der Waals surface area (Å²) in [5.74, 6) is 0.0769. The van der Waals surface area contributed by atoms with Gasteiger partial charge < -0.3 is 9.63 Å². The molecule has 0 amide bonds. The van der Waals surface area contributed by atoms with Gasteiger partial charge >= 0.3 is 0 Å². The first-order valence-corrected chi connectivity index (χ1v) is 9.37. The van der Waals surface area contributed by atoms with Gasteiger partial charge in [0.1, 0.15) is 11.3 Å². The van der Waals surface area contributed by atoms with Crippen molar-refractivity contribution in [2.24, 2.45) is 0 Å². The molecule has 0 fully saturated rings. The van der Waals surface area contributed by atoms with Crippen molar-refractivity contribution >= 4 is 5.78 Å².